The molecule has 0 saturated carbocycles. The van der Waals surface area contributed by atoms with Gasteiger partial charge in [-0.2, -0.15) is 0 Å². The van der Waals surface area contributed by atoms with Gasteiger partial charge in [0, 0.05) is 25.4 Å². The maximum Gasteiger partial charge on any atom is 0.330 e. The number of ether oxygens (including phenoxy) is 4. The summed E-state index contributed by atoms with van der Waals surface area (Å²) in [4.78, 5) is 21.0. The van der Waals surface area contributed by atoms with E-state index in [4.69, 9.17) is 14.2 Å². The summed E-state index contributed by atoms with van der Waals surface area (Å²) in [5, 5.41) is 0. The van der Waals surface area contributed by atoms with Gasteiger partial charge in [0.15, 0.2) is 0 Å². The SMILES string of the molecule is C=CC(=O)OCC1CCCO1.C=CC(=O)OCCOCC. The van der Waals surface area contributed by atoms with Gasteiger partial charge in [-0.1, -0.05) is 13.2 Å². The monoisotopic (exact) mass is 300 g/mol. The zero-order valence-electron chi connectivity index (χ0n) is 12.5. The fourth-order valence-electron chi connectivity index (χ4n) is 1.41. The second-order valence-corrected chi connectivity index (χ2v) is 4.04. The van der Waals surface area contributed by atoms with Crippen LogP contribution in [-0.2, 0) is 28.5 Å². The first kappa shape index (κ1) is 19.3. The molecule has 0 aliphatic carbocycles. The van der Waals surface area contributed by atoms with E-state index < -0.39 is 5.97 Å². The molecule has 0 aromatic carbocycles. The molecule has 1 unspecified atom stereocenters. The Labute approximate surface area is 125 Å². The van der Waals surface area contributed by atoms with Crippen LogP contribution in [0, 0.1) is 0 Å². The number of hydrogen-bond acceptors (Lipinski definition) is 6. The lowest BCUT2D eigenvalue weighted by Crippen LogP contribution is -2.16. The molecular weight excluding hydrogens is 276 g/mol. The molecule has 1 rings (SSSR count). The van der Waals surface area contributed by atoms with Crippen LogP contribution >= 0.6 is 0 Å². The quantitative estimate of drug-likeness (QED) is 0.385. The number of rotatable bonds is 8. The number of hydrogen-bond donors (Lipinski definition) is 0. The maximum atomic E-state index is 10.6. The topological polar surface area (TPSA) is 71.1 Å². The molecule has 0 bridgehead atoms. The fraction of sp³-hybridized carbons (Fsp3) is 0.600. The summed E-state index contributed by atoms with van der Waals surface area (Å²) in [5.41, 5.74) is 0. The minimum absolute atomic E-state index is 0.110. The summed E-state index contributed by atoms with van der Waals surface area (Å²) in [6, 6.07) is 0. The van der Waals surface area contributed by atoms with Gasteiger partial charge in [-0.3, -0.25) is 0 Å². The van der Waals surface area contributed by atoms with E-state index in [1.54, 1.807) is 0 Å². The van der Waals surface area contributed by atoms with Gasteiger partial charge in [0.2, 0.25) is 0 Å². The second-order valence-electron chi connectivity index (χ2n) is 4.04. The molecule has 6 nitrogen and oxygen atoms in total. The Hall–Kier alpha value is -1.66. The minimum Gasteiger partial charge on any atom is -0.460 e. The van der Waals surface area contributed by atoms with Crippen LogP contribution < -0.4 is 0 Å². The first-order valence-corrected chi connectivity index (χ1v) is 6.91. The lowest BCUT2D eigenvalue weighted by atomic mass is 10.2. The van der Waals surface area contributed by atoms with Crippen LogP contribution in [0.25, 0.3) is 0 Å². The summed E-state index contributed by atoms with van der Waals surface area (Å²) < 4.78 is 19.6. The van der Waals surface area contributed by atoms with Gasteiger partial charge in [-0.25, -0.2) is 9.59 Å². The van der Waals surface area contributed by atoms with E-state index in [2.05, 4.69) is 17.9 Å². The molecule has 0 aromatic heterocycles. The van der Waals surface area contributed by atoms with Crippen molar-refractivity contribution in [3.63, 3.8) is 0 Å². The summed E-state index contributed by atoms with van der Waals surface area (Å²) >= 11 is 0. The van der Waals surface area contributed by atoms with Gasteiger partial charge in [0.25, 0.3) is 0 Å². The van der Waals surface area contributed by atoms with Crippen molar-refractivity contribution in [1.29, 1.82) is 0 Å². The molecule has 0 amide bonds. The third kappa shape index (κ3) is 11.8. The predicted octanol–water partition coefficient (Wildman–Crippen LogP) is 1.65. The molecule has 1 fully saturated rings. The molecular formula is C15H24O6. The Morgan fingerprint density at radius 3 is 2.38 bits per heavy atom. The van der Waals surface area contributed by atoms with E-state index in [1.165, 1.54) is 0 Å². The highest BCUT2D eigenvalue weighted by Gasteiger charge is 2.16. The smallest absolute Gasteiger partial charge is 0.330 e. The number of esters is 2. The minimum atomic E-state index is -0.403. The third-order valence-corrected chi connectivity index (χ3v) is 2.44. The Morgan fingerprint density at radius 1 is 1.19 bits per heavy atom. The third-order valence-electron chi connectivity index (χ3n) is 2.44. The van der Waals surface area contributed by atoms with Gasteiger partial charge in [0.1, 0.15) is 13.2 Å². The maximum absolute atomic E-state index is 10.6. The van der Waals surface area contributed by atoms with Crippen LogP contribution in [0.5, 0.6) is 0 Å². The van der Waals surface area contributed by atoms with Gasteiger partial charge >= 0.3 is 11.9 Å². The van der Waals surface area contributed by atoms with Crippen LogP contribution in [0.3, 0.4) is 0 Å². The molecule has 0 aromatic rings. The first-order chi connectivity index (χ1) is 10.1. The summed E-state index contributed by atoms with van der Waals surface area (Å²) in [7, 11) is 0. The molecule has 1 atom stereocenters. The molecule has 1 aliphatic rings. The Bertz CT molecular complexity index is 320. The predicted molar refractivity (Wildman–Crippen MR) is 77.8 cm³/mol. The Kier molecular flexibility index (Phi) is 12.3. The van der Waals surface area contributed by atoms with E-state index >= 15 is 0 Å². The molecule has 0 spiro atoms. The van der Waals surface area contributed by atoms with Crippen molar-refractivity contribution < 1.29 is 28.5 Å². The highest BCUT2D eigenvalue weighted by atomic mass is 16.6. The normalized spacial score (nSPS) is 16.3. The van der Waals surface area contributed by atoms with Gasteiger partial charge < -0.3 is 18.9 Å². The molecule has 0 radical (unpaired) electrons. The van der Waals surface area contributed by atoms with Crippen molar-refractivity contribution in [3.8, 4) is 0 Å². The fourth-order valence-corrected chi connectivity index (χ4v) is 1.41. The van der Waals surface area contributed by atoms with Crippen LogP contribution in [0.15, 0.2) is 25.3 Å². The zero-order valence-corrected chi connectivity index (χ0v) is 12.5. The second kappa shape index (κ2) is 13.3. The average molecular weight is 300 g/mol. The van der Waals surface area contributed by atoms with E-state index in [0.717, 1.165) is 31.6 Å². The van der Waals surface area contributed by atoms with Gasteiger partial charge in [-0.05, 0) is 19.8 Å². The average Bonchev–Trinajstić information content (AvgIpc) is 3.03. The van der Waals surface area contributed by atoms with Crippen molar-refractivity contribution >= 4 is 11.9 Å². The molecule has 21 heavy (non-hydrogen) atoms. The molecule has 1 saturated heterocycles. The van der Waals surface area contributed by atoms with Crippen LogP contribution in [0.1, 0.15) is 19.8 Å². The summed E-state index contributed by atoms with van der Waals surface area (Å²) in [5.74, 6) is -0.778. The van der Waals surface area contributed by atoms with E-state index in [-0.39, 0.29) is 12.1 Å². The Morgan fingerprint density at radius 2 is 1.86 bits per heavy atom. The lowest BCUT2D eigenvalue weighted by molar-refractivity contribution is -0.141. The van der Waals surface area contributed by atoms with Crippen molar-refractivity contribution in [3.05, 3.63) is 25.3 Å². The molecule has 0 N–H and O–H groups in total. The Balaban J connectivity index is 0.000000384. The zero-order chi connectivity index (χ0) is 15.9. The highest BCUT2D eigenvalue weighted by molar-refractivity contribution is 5.81. The van der Waals surface area contributed by atoms with Crippen molar-refractivity contribution in [1.82, 2.24) is 0 Å². The van der Waals surface area contributed by atoms with Gasteiger partial charge in [-0.15, -0.1) is 0 Å². The number of carbonyl (C=O) groups is 2. The molecule has 120 valence electrons. The van der Waals surface area contributed by atoms with Gasteiger partial charge in [0.05, 0.1) is 12.7 Å². The van der Waals surface area contributed by atoms with E-state index in [9.17, 15) is 9.59 Å². The van der Waals surface area contributed by atoms with E-state index in [0.29, 0.717) is 26.4 Å². The molecule has 6 heteroatoms. The van der Waals surface area contributed by atoms with E-state index in [1.807, 2.05) is 6.92 Å². The highest BCUT2D eigenvalue weighted by Crippen LogP contribution is 2.11. The summed E-state index contributed by atoms with van der Waals surface area (Å²) in [6.07, 6.45) is 4.46. The van der Waals surface area contributed by atoms with Crippen molar-refractivity contribution in [2.75, 3.05) is 33.0 Å². The van der Waals surface area contributed by atoms with Crippen LogP contribution in [0.4, 0.5) is 0 Å². The standard InChI is InChI=1S/C8H12O3.C7H12O3/c1-2-8(9)11-6-7-4-3-5-10-7;1-3-7(8)10-6-5-9-4-2/h2,7H,1,3-6H2;3H,1,4-6H2,2H3. The number of carbonyl (C=O) groups excluding carboxylic acids is 2. The van der Waals surface area contributed by atoms with Crippen LogP contribution in [-0.4, -0.2) is 51.1 Å². The largest absolute Gasteiger partial charge is 0.460 e. The van der Waals surface area contributed by atoms with Crippen LogP contribution in [0.2, 0.25) is 0 Å². The molecule has 1 aliphatic heterocycles. The summed E-state index contributed by atoms with van der Waals surface area (Å²) in [6.45, 7) is 11.0. The first-order valence-electron chi connectivity index (χ1n) is 6.91. The lowest BCUT2D eigenvalue weighted by Gasteiger charge is -2.07. The molecule has 1 heterocycles. The van der Waals surface area contributed by atoms with Crippen molar-refractivity contribution in [2.45, 2.75) is 25.9 Å². The van der Waals surface area contributed by atoms with Crippen molar-refractivity contribution in [2.24, 2.45) is 0 Å².